The monoisotopic (exact) mass is 428 g/mol. The number of aryl methyl sites for hydroxylation is 1. The molecule has 0 atom stereocenters. The standard InChI is InChI=1S/C26H24N2O4/c1-17-21-16-19(31-2)12-13-23(21)32-24(17)26(30)28-22-11-7-6-10-20(22)25(29)27-15-14-18-8-4-3-5-9-18/h3-13,16H,14-15H2,1-2H3,(H,27,29)(H,28,30). The summed E-state index contributed by atoms with van der Waals surface area (Å²) in [6.07, 6.45) is 0.725. The van der Waals surface area contributed by atoms with Gasteiger partial charge in [-0.2, -0.15) is 0 Å². The number of para-hydroxylation sites is 1. The Morgan fingerprint density at radius 1 is 0.938 bits per heavy atom. The highest BCUT2D eigenvalue weighted by atomic mass is 16.5. The summed E-state index contributed by atoms with van der Waals surface area (Å²) in [4.78, 5) is 25.7. The Balaban J connectivity index is 1.49. The normalized spacial score (nSPS) is 10.7. The van der Waals surface area contributed by atoms with Crippen LogP contribution < -0.4 is 15.4 Å². The molecule has 0 aliphatic rings. The molecule has 3 aromatic carbocycles. The summed E-state index contributed by atoms with van der Waals surface area (Å²) in [6, 6.07) is 22.2. The molecule has 4 aromatic rings. The average molecular weight is 428 g/mol. The number of amides is 2. The Morgan fingerprint density at radius 3 is 2.47 bits per heavy atom. The SMILES string of the molecule is COc1ccc2oc(C(=O)Nc3ccccc3C(=O)NCCc3ccccc3)c(C)c2c1. The minimum atomic E-state index is -0.415. The van der Waals surface area contributed by atoms with E-state index in [1.807, 2.05) is 43.3 Å². The summed E-state index contributed by atoms with van der Waals surface area (Å²) in [5.74, 6) is 0.225. The Morgan fingerprint density at radius 2 is 1.69 bits per heavy atom. The first kappa shape index (κ1) is 21.2. The molecule has 0 radical (unpaired) electrons. The van der Waals surface area contributed by atoms with E-state index in [9.17, 15) is 9.59 Å². The number of carbonyl (C=O) groups is 2. The van der Waals surface area contributed by atoms with Gasteiger partial charge in [-0.05, 0) is 49.2 Å². The molecular weight excluding hydrogens is 404 g/mol. The van der Waals surface area contributed by atoms with Crippen LogP contribution in [0.3, 0.4) is 0 Å². The molecular formula is C26H24N2O4. The van der Waals surface area contributed by atoms with Crippen LogP contribution in [0.4, 0.5) is 5.69 Å². The highest BCUT2D eigenvalue weighted by Crippen LogP contribution is 2.29. The number of hydrogen-bond acceptors (Lipinski definition) is 4. The first-order valence-electron chi connectivity index (χ1n) is 10.4. The Kier molecular flexibility index (Phi) is 6.22. The van der Waals surface area contributed by atoms with E-state index in [4.69, 9.17) is 9.15 Å². The van der Waals surface area contributed by atoms with E-state index in [1.54, 1.807) is 43.5 Å². The van der Waals surface area contributed by atoms with Crippen molar-refractivity contribution in [2.75, 3.05) is 19.0 Å². The average Bonchev–Trinajstić information content (AvgIpc) is 3.16. The Bertz CT molecular complexity index is 1260. The van der Waals surface area contributed by atoms with Crippen LogP contribution in [0.15, 0.2) is 77.2 Å². The summed E-state index contributed by atoms with van der Waals surface area (Å²) in [5, 5.41) is 6.55. The van der Waals surface area contributed by atoms with Crippen molar-refractivity contribution in [3.8, 4) is 5.75 Å². The zero-order valence-electron chi connectivity index (χ0n) is 18.0. The van der Waals surface area contributed by atoms with Gasteiger partial charge in [0.05, 0.1) is 18.4 Å². The van der Waals surface area contributed by atoms with E-state index in [1.165, 1.54) is 0 Å². The fraction of sp³-hybridized carbons (Fsp3) is 0.154. The lowest BCUT2D eigenvalue weighted by Gasteiger charge is -2.11. The van der Waals surface area contributed by atoms with E-state index >= 15 is 0 Å². The summed E-state index contributed by atoms with van der Waals surface area (Å²) in [5.41, 5.74) is 3.27. The number of carbonyl (C=O) groups excluding carboxylic acids is 2. The van der Waals surface area contributed by atoms with Crippen LogP contribution >= 0.6 is 0 Å². The van der Waals surface area contributed by atoms with Crippen LogP contribution in [0.1, 0.15) is 32.0 Å². The van der Waals surface area contributed by atoms with Crippen LogP contribution in [0, 0.1) is 6.92 Å². The number of rotatable bonds is 7. The molecule has 0 saturated carbocycles. The van der Waals surface area contributed by atoms with E-state index in [0.717, 1.165) is 17.4 Å². The highest BCUT2D eigenvalue weighted by molar-refractivity contribution is 6.10. The predicted molar refractivity (Wildman–Crippen MR) is 124 cm³/mol. The lowest BCUT2D eigenvalue weighted by Crippen LogP contribution is -2.27. The molecule has 6 nitrogen and oxygen atoms in total. The lowest BCUT2D eigenvalue weighted by molar-refractivity contribution is 0.0955. The number of benzene rings is 3. The predicted octanol–water partition coefficient (Wildman–Crippen LogP) is 4.97. The van der Waals surface area contributed by atoms with Crippen molar-refractivity contribution in [1.29, 1.82) is 0 Å². The van der Waals surface area contributed by atoms with Crippen LogP contribution in [0.2, 0.25) is 0 Å². The van der Waals surface area contributed by atoms with Crippen molar-refractivity contribution >= 4 is 28.5 Å². The van der Waals surface area contributed by atoms with Gasteiger partial charge in [-0.15, -0.1) is 0 Å². The summed E-state index contributed by atoms with van der Waals surface area (Å²) >= 11 is 0. The highest BCUT2D eigenvalue weighted by Gasteiger charge is 2.20. The van der Waals surface area contributed by atoms with Gasteiger partial charge in [0.1, 0.15) is 11.3 Å². The van der Waals surface area contributed by atoms with Crippen LogP contribution in [-0.4, -0.2) is 25.5 Å². The van der Waals surface area contributed by atoms with E-state index in [0.29, 0.717) is 34.7 Å². The molecule has 0 spiro atoms. The second-order valence-electron chi connectivity index (χ2n) is 7.41. The van der Waals surface area contributed by atoms with Gasteiger partial charge >= 0.3 is 0 Å². The molecule has 0 aliphatic carbocycles. The molecule has 1 aromatic heterocycles. The van der Waals surface area contributed by atoms with E-state index in [-0.39, 0.29) is 11.7 Å². The number of hydrogen-bond donors (Lipinski definition) is 2. The maximum absolute atomic E-state index is 13.0. The fourth-order valence-electron chi connectivity index (χ4n) is 3.57. The van der Waals surface area contributed by atoms with Gasteiger partial charge in [0, 0.05) is 17.5 Å². The van der Waals surface area contributed by atoms with E-state index < -0.39 is 5.91 Å². The van der Waals surface area contributed by atoms with Crippen LogP contribution in [0.25, 0.3) is 11.0 Å². The quantitative estimate of drug-likeness (QED) is 0.435. The number of furan rings is 1. The van der Waals surface area contributed by atoms with Crippen LogP contribution in [0.5, 0.6) is 5.75 Å². The third-order valence-corrected chi connectivity index (χ3v) is 5.31. The molecule has 0 bridgehead atoms. The van der Waals surface area contributed by atoms with Crippen LogP contribution in [-0.2, 0) is 6.42 Å². The maximum Gasteiger partial charge on any atom is 0.291 e. The van der Waals surface area contributed by atoms with E-state index in [2.05, 4.69) is 10.6 Å². The number of fused-ring (bicyclic) bond motifs is 1. The first-order valence-corrected chi connectivity index (χ1v) is 10.4. The molecule has 0 unspecified atom stereocenters. The van der Waals surface area contributed by atoms with Gasteiger partial charge in [0.15, 0.2) is 5.76 Å². The second-order valence-corrected chi connectivity index (χ2v) is 7.41. The minimum absolute atomic E-state index is 0.201. The number of methoxy groups -OCH3 is 1. The Hall–Kier alpha value is -4.06. The summed E-state index contributed by atoms with van der Waals surface area (Å²) in [7, 11) is 1.59. The number of ether oxygens (including phenoxy) is 1. The van der Waals surface area contributed by atoms with Crippen molar-refractivity contribution in [3.05, 3.63) is 95.2 Å². The lowest BCUT2D eigenvalue weighted by atomic mass is 10.1. The molecule has 6 heteroatoms. The largest absolute Gasteiger partial charge is 0.497 e. The van der Waals surface area contributed by atoms with Gasteiger partial charge in [-0.3, -0.25) is 9.59 Å². The molecule has 0 saturated heterocycles. The molecule has 2 N–H and O–H groups in total. The number of nitrogens with one attached hydrogen (secondary N) is 2. The zero-order valence-corrected chi connectivity index (χ0v) is 18.0. The zero-order chi connectivity index (χ0) is 22.5. The summed E-state index contributed by atoms with van der Waals surface area (Å²) in [6.45, 7) is 2.32. The minimum Gasteiger partial charge on any atom is -0.497 e. The van der Waals surface area contributed by atoms with Gasteiger partial charge in [-0.25, -0.2) is 0 Å². The first-order chi connectivity index (χ1) is 15.6. The molecule has 0 aliphatic heterocycles. The summed E-state index contributed by atoms with van der Waals surface area (Å²) < 4.78 is 11.0. The van der Waals surface area contributed by atoms with Gasteiger partial charge in [0.2, 0.25) is 0 Å². The van der Waals surface area contributed by atoms with Crippen molar-refractivity contribution < 1.29 is 18.7 Å². The molecule has 2 amide bonds. The van der Waals surface area contributed by atoms with Crippen molar-refractivity contribution in [1.82, 2.24) is 5.32 Å². The van der Waals surface area contributed by atoms with Gasteiger partial charge < -0.3 is 19.8 Å². The third-order valence-electron chi connectivity index (χ3n) is 5.31. The van der Waals surface area contributed by atoms with Crippen molar-refractivity contribution in [2.45, 2.75) is 13.3 Å². The topological polar surface area (TPSA) is 80.6 Å². The van der Waals surface area contributed by atoms with Gasteiger partial charge in [0.25, 0.3) is 11.8 Å². The molecule has 1 heterocycles. The maximum atomic E-state index is 13.0. The van der Waals surface area contributed by atoms with Gasteiger partial charge in [-0.1, -0.05) is 42.5 Å². The van der Waals surface area contributed by atoms with Crippen molar-refractivity contribution in [2.24, 2.45) is 0 Å². The molecule has 162 valence electrons. The third kappa shape index (κ3) is 4.49. The molecule has 0 fully saturated rings. The molecule has 4 rings (SSSR count). The Labute approximate surface area is 186 Å². The molecule has 32 heavy (non-hydrogen) atoms. The smallest absolute Gasteiger partial charge is 0.291 e. The number of anilines is 1. The fourth-order valence-corrected chi connectivity index (χ4v) is 3.57. The second kappa shape index (κ2) is 9.39. The van der Waals surface area contributed by atoms with Crippen molar-refractivity contribution in [3.63, 3.8) is 0 Å².